The third-order valence-electron chi connectivity index (χ3n) is 3.06. The summed E-state index contributed by atoms with van der Waals surface area (Å²) in [5.74, 6) is -0.348. The van der Waals surface area contributed by atoms with E-state index in [-0.39, 0.29) is 11.4 Å². The van der Waals surface area contributed by atoms with E-state index < -0.39 is 0 Å². The Morgan fingerprint density at radius 3 is 2.72 bits per heavy atom. The number of halogens is 1. The molecule has 0 amide bonds. The van der Waals surface area contributed by atoms with E-state index >= 15 is 0 Å². The van der Waals surface area contributed by atoms with Gasteiger partial charge in [-0.3, -0.25) is 4.79 Å². The van der Waals surface area contributed by atoms with Crippen molar-refractivity contribution in [3.05, 3.63) is 52.7 Å². The van der Waals surface area contributed by atoms with Gasteiger partial charge in [0.1, 0.15) is 16.9 Å². The molecule has 3 aromatic rings. The molecule has 0 aliphatic carbocycles. The Morgan fingerprint density at radius 1 is 1.17 bits per heavy atom. The Kier molecular flexibility index (Phi) is 2.41. The molecule has 2 N–H and O–H groups in total. The lowest BCUT2D eigenvalue weighted by molar-refractivity contribution is 0.631. The molecule has 0 aliphatic rings. The number of para-hydroxylation sites is 1. The summed E-state index contributed by atoms with van der Waals surface area (Å²) in [5, 5.41) is 0. The van der Waals surface area contributed by atoms with Crippen LogP contribution in [0.25, 0.3) is 16.6 Å². The molecule has 5 heteroatoms. The molecule has 0 bridgehead atoms. The average molecular weight is 245 g/mol. The van der Waals surface area contributed by atoms with E-state index in [9.17, 15) is 9.18 Å². The summed E-state index contributed by atoms with van der Waals surface area (Å²) in [5.41, 5.74) is 6.80. The molecule has 18 heavy (non-hydrogen) atoms. The van der Waals surface area contributed by atoms with E-state index in [1.807, 2.05) is 0 Å². The van der Waals surface area contributed by atoms with Gasteiger partial charge < -0.3 is 14.7 Å². The van der Waals surface area contributed by atoms with Gasteiger partial charge in [-0.1, -0.05) is 6.07 Å². The van der Waals surface area contributed by atoms with Crippen molar-refractivity contribution in [1.29, 1.82) is 0 Å². The lowest BCUT2D eigenvalue weighted by Gasteiger charge is -2.11. The Morgan fingerprint density at radius 2 is 1.94 bits per heavy atom. The van der Waals surface area contributed by atoms with Gasteiger partial charge in [0.2, 0.25) is 0 Å². The van der Waals surface area contributed by atoms with Gasteiger partial charge in [0.05, 0.1) is 5.52 Å². The topological polar surface area (TPSA) is 52.4 Å². The van der Waals surface area contributed by atoms with Gasteiger partial charge in [0.15, 0.2) is 0 Å². The number of rotatable bonds is 2. The number of hydrogen-bond acceptors (Lipinski definition) is 2. The minimum absolute atomic E-state index is 0.149. The molecule has 0 atom stereocenters. The van der Waals surface area contributed by atoms with Crippen LogP contribution in [-0.2, 0) is 6.54 Å². The zero-order valence-corrected chi connectivity index (χ0v) is 9.64. The minimum Gasteiger partial charge on any atom is -0.329 e. The van der Waals surface area contributed by atoms with Crippen molar-refractivity contribution in [1.82, 2.24) is 8.97 Å². The second kappa shape index (κ2) is 3.96. The first-order valence-electron chi connectivity index (χ1n) is 5.72. The Bertz CT molecular complexity index is 788. The molecule has 2 heterocycles. The van der Waals surface area contributed by atoms with E-state index in [0.717, 1.165) is 0 Å². The number of aromatic nitrogens is 2. The molecule has 0 aliphatic heterocycles. The highest BCUT2D eigenvalue weighted by Gasteiger charge is 2.12. The van der Waals surface area contributed by atoms with Gasteiger partial charge in [0, 0.05) is 19.3 Å². The fourth-order valence-electron chi connectivity index (χ4n) is 2.31. The molecule has 0 saturated heterocycles. The third-order valence-corrected chi connectivity index (χ3v) is 3.06. The predicted octanol–water partition coefficient (Wildman–Crippen LogP) is 1.35. The second-order valence-corrected chi connectivity index (χ2v) is 4.12. The standard InChI is InChI=1S/C13H12FN3O/c14-9-3-1-4-10-12(9)16-7-2-5-11(16)13(18)17(10)8-6-15/h1-5,7H,6,8,15H2. The van der Waals surface area contributed by atoms with Crippen molar-refractivity contribution in [3.63, 3.8) is 0 Å². The van der Waals surface area contributed by atoms with E-state index in [4.69, 9.17) is 5.73 Å². The lowest BCUT2D eigenvalue weighted by atomic mass is 10.2. The van der Waals surface area contributed by atoms with Crippen molar-refractivity contribution in [2.45, 2.75) is 6.54 Å². The molecule has 0 spiro atoms. The minimum atomic E-state index is -0.348. The molecule has 0 radical (unpaired) electrons. The highest BCUT2D eigenvalue weighted by molar-refractivity contribution is 5.79. The smallest absolute Gasteiger partial charge is 0.275 e. The van der Waals surface area contributed by atoms with Crippen LogP contribution in [0.3, 0.4) is 0 Å². The fourth-order valence-corrected chi connectivity index (χ4v) is 2.31. The van der Waals surface area contributed by atoms with Gasteiger partial charge in [0.25, 0.3) is 5.56 Å². The van der Waals surface area contributed by atoms with Crippen molar-refractivity contribution in [2.24, 2.45) is 5.73 Å². The van der Waals surface area contributed by atoms with Crippen molar-refractivity contribution < 1.29 is 4.39 Å². The molecule has 1 aromatic carbocycles. The predicted molar refractivity (Wildman–Crippen MR) is 68.2 cm³/mol. The summed E-state index contributed by atoms with van der Waals surface area (Å²) >= 11 is 0. The molecule has 0 fully saturated rings. The van der Waals surface area contributed by atoms with Crippen LogP contribution in [0.15, 0.2) is 41.3 Å². The van der Waals surface area contributed by atoms with Gasteiger partial charge in [-0.2, -0.15) is 0 Å². The zero-order chi connectivity index (χ0) is 12.7. The molecular weight excluding hydrogens is 233 g/mol. The average Bonchev–Trinajstić information content (AvgIpc) is 2.83. The van der Waals surface area contributed by atoms with E-state index in [0.29, 0.717) is 29.6 Å². The number of nitrogens with two attached hydrogens (primary N) is 1. The SMILES string of the molecule is NCCn1c(=O)c2cccn2c2c(F)cccc21. The molecule has 92 valence electrons. The van der Waals surface area contributed by atoms with Gasteiger partial charge in [-0.05, 0) is 24.3 Å². The van der Waals surface area contributed by atoms with Crippen molar-refractivity contribution in [2.75, 3.05) is 6.54 Å². The van der Waals surface area contributed by atoms with Gasteiger partial charge in [-0.25, -0.2) is 4.39 Å². The molecular formula is C13H12FN3O. The Balaban J connectivity index is 2.61. The molecule has 2 aromatic heterocycles. The van der Waals surface area contributed by atoms with Crippen LogP contribution >= 0.6 is 0 Å². The molecule has 3 rings (SSSR count). The first-order valence-corrected chi connectivity index (χ1v) is 5.72. The number of benzene rings is 1. The summed E-state index contributed by atoms with van der Waals surface area (Å²) in [6.45, 7) is 0.711. The van der Waals surface area contributed by atoms with Crippen LogP contribution in [0, 0.1) is 5.82 Å². The first kappa shape index (κ1) is 11.0. The van der Waals surface area contributed by atoms with Crippen molar-refractivity contribution in [3.8, 4) is 0 Å². The molecule has 0 saturated carbocycles. The van der Waals surface area contributed by atoms with Crippen LogP contribution in [-0.4, -0.2) is 15.5 Å². The second-order valence-electron chi connectivity index (χ2n) is 4.12. The summed E-state index contributed by atoms with van der Waals surface area (Å²) in [4.78, 5) is 12.3. The van der Waals surface area contributed by atoms with Crippen LogP contribution < -0.4 is 11.3 Å². The summed E-state index contributed by atoms with van der Waals surface area (Å²) < 4.78 is 17.1. The third kappa shape index (κ3) is 1.37. The largest absolute Gasteiger partial charge is 0.329 e. The van der Waals surface area contributed by atoms with Crippen LogP contribution in [0.4, 0.5) is 4.39 Å². The molecule has 4 nitrogen and oxygen atoms in total. The maximum atomic E-state index is 14.0. The van der Waals surface area contributed by atoms with Crippen LogP contribution in [0.5, 0.6) is 0 Å². The highest BCUT2D eigenvalue weighted by atomic mass is 19.1. The van der Waals surface area contributed by atoms with E-state index in [1.54, 1.807) is 34.9 Å². The number of hydrogen-bond donors (Lipinski definition) is 1. The number of nitrogens with zero attached hydrogens (tertiary/aromatic N) is 2. The quantitative estimate of drug-likeness (QED) is 0.741. The molecule has 0 unspecified atom stereocenters. The normalized spacial score (nSPS) is 11.4. The summed E-state index contributed by atoms with van der Waals surface area (Å²) in [6, 6.07) is 8.13. The Hall–Kier alpha value is -2.14. The van der Waals surface area contributed by atoms with Crippen LogP contribution in [0.1, 0.15) is 0 Å². The van der Waals surface area contributed by atoms with E-state index in [2.05, 4.69) is 0 Å². The van der Waals surface area contributed by atoms with Crippen LogP contribution in [0.2, 0.25) is 0 Å². The highest BCUT2D eigenvalue weighted by Crippen LogP contribution is 2.18. The monoisotopic (exact) mass is 245 g/mol. The summed E-state index contributed by atoms with van der Waals surface area (Å²) in [7, 11) is 0. The number of fused-ring (bicyclic) bond motifs is 3. The van der Waals surface area contributed by atoms with Gasteiger partial charge >= 0.3 is 0 Å². The maximum Gasteiger partial charge on any atom is 0.275 e. The van der Waals surface area contributed by atoms with Gasteiger partial charge in [-0.15, -0.1) is 0 Å². The van der Waals surface area contributed by atoms with Crippen molar-refractivity contribution >= 4 is 16.6 Å². The summed E-state index contributed by atoms with van der Waals surface area (Å²) in [6.07, 6.45) is 1.69. The maximum absolute atomic E-state index is 14.0. The fraction of sp³-hybridized carbons (Fsp3) is 0.154. The zero-order valence-electron chi connectivity index (χ0n) is 9.64. The van der Waals surface area contributed by atoms with E-state index in [1.165, 1.54) is 10.6 Å². The Labute approximate surface area is 102 Å². The first-order chi connectivity index (χ1) is 8.74. The lowest BCUT2D eigenvalue weighted by Crippen LogP contribution is -2.26.